The molecule has 18 heavy (non-hydrogen) atoms. The van der Waals surface area contributed by atoms with Gasteiger partial charge in [0.1, 0.15) is 6.29 Å². The first-order valence-electron chi connectivity index (χ1n) is 5.58. The summed E-state index contributed by atoms with van der Waals surface area (Å²) in [6.45, 7) is 0.419. The number of imidazole rings is 1. The maximum atomic E-state index is 11.7. The minimum absolute atomic E-state index is 0.242. The first kappa shape index (κ1) is 12.1. The van der Waals surface area contributed by atoms with E-state index in [-0.39, 0.29) is 18.0 Å². The number of hydrogen-bond acceptors (Lipinski definition) is 3. The molecule has 6 nitrogen and oxygen atoms in total. The Labute approximate surface area is 102 Å². The smallest absolute Gasteiger partial charge is 0.326 e. The van der Waals surface area contributed by atoms with Crippen molar-refractivity contribution in [3.63, 3.8) is 0 Å². The number of nitrogens with one attached hydrogen (secondary N) is 1. The van der Waals surface area contributed by atoms with E-state index < -0.39 is 0 Å². The van der Waals surface area contributed by atoms with Gasteiger partial charge in [0.15, 0.2) is 0 Å². The maximum absolute atomic E-state index is 11.7. The SMILES string of the molecule is NC(=O)CCCn1c(=O)[nH]c2cc(C=O)ccc21. The molecule has 94 valence electrons. The van der Waals surface area contributed by atoms with E-state index in [0.717, 1.165) is 11.8 Å². The van der Waals surface area contributed by atoms with Crippen LogP contribution >= 0.6 is 0 Å². The van der Waals surface area contributed by atoms with Crippen LogP contribution in [-0.2, 0) is 11.3 Å². The number of nitrogens with zero attached hydrogens (tertiary/aromatic N) is 1. The Morgan fingerprint density at radius 1 is 1.44 bits per heavy atom. The molecule has 2 rings (SSSR count). The number of carbonyl (C=O) groups is 2. The lowest BCUT2D eigenvalue weighted by molar-refractivity contribution is -0.118. The third-order valence-corrected chi connectivity index (χ3v) is 2.74. The normalized spacial score (nSPS) is 10.7. The Morgan fingerprint density at radius 2 is 2.22 bits per heavy atom. The van der Waals surface area contributed by atoms with Gasteiger partial charge in [-0.05, 0) is 24.6 Å². The van der Waals surface area contributed by atoms with Gasteiger partial charge >= 0.3 is 5.69 Å². The maximum Gasteiger partial charge on any atom is 0.326 e. The van der Waals surface area contributed by atoms with Gasteiger partial charge in [-0.15, -0.1) is 0 Å². The van der Waals surface area contributed by atoms with Crippen LogP contribution in [-0.4, -0.2) is 21.7 Å². The quantitative estimate of drug-likeness (QED) is 0.748. The van der Waals surface area contributed by atoms with Gasteiger partial charge in [0.25, 0.3) is 0 Å². The summed E-state index contributed by atoms with van der Waals surface area (Å²) in [5.41, 5.74) is 6.63. The zero-order chi connectivity index (χ0) is 13.1. The van der Waals surface area contributed by atoms with Gasteiger partial charge in [-0.25, -0.2) is 4.79 Å². The van der Waals surface area contributed by atoms with Gasteiger partial charge in [0, 0.05) is 18.5 Å². The number of aryl methyl sites for hydroxylation is 1. The van der Waals surface area contributed by atoms with E-state index in [2.05, 4.69) is 4.98 Å². The predicted molar refractivity (Wildman–Crippen MR) is 66.4 cm³/mol. The van der Waals surface area contributed by atoms with E-state index in [4.69, 9.17) is 5.73 Å². The number of H-pyrrole nitrogens is 1. The number of aromatic amines is 1. The molecule has 0 fully saturated rings. The highest BCUT2D eigenvalue weighted by Gasteiger charge is 2.07. The Kier molecular flexibility index (Phi) is 3.27. The molecule has 2 aromatic rings. The van der Waals surface area contributed by atoms with Gasteiger partial charge in [-0.2, -0.15) is 0 Å². The third kappa shape index (κ3) is 2.32. The van der Waals surface area contributed by atoms with Gasteiger partial charge < -0.3 is 10.7 Å². The monoisotopic (exact) mass is 247 g/mol. The average molecular weight is 247 g/mol. The molecule has 3 N–H and O–H groups in total. The van der Waals surface area contributed by atoms with Crippen molar-refractivity contribution in [2.45, 2.75) is 19.4 Å². The first-order valence-corrected chi connectivity index (χ1v) is 5.58. The Hall–Kier alpha value is -2.37. The summed E-state index contributed by atoms with van der Waals surface area (Å²) >= 11 is 0. The highest BCUT2D eigenvalue weighted by Crippen LogP contribution is 2.12. The summed E-state index contributed by atoms with van der Waals surface area (Å²) in [7, 11) is 0. The number of hydrogen-bond donors (Lipinski definition) is 2. The van der Waals surface area contributed by atoms with Crippen molar-refractivity contribution in [3.05, 3.63) is 34.2 Å². The molecule has 0 saturated heterocycles. The minimum atomic E-state index is -0.383. The predicted octanol–water partition coefficient (Wildman–Crippen LogP) is 0.408. The average Bonchev–Trinajstić information content (AvgIpc) is 2.64. The lowest BCUT2D eigenvalue weighted by Crippen LogP contribution is -2.18. The lowest BCUT2D eigenvalue weighted by Gasteiger charge is -2.01. The van der Waals surface area contributed by atoms with Crippen LogP contribution in [0.4, 0.5) is 0 Å². The van der Waals surface area contributed by atoms with E-state index in [1.807, 2.05) is 0 Å². The Bertz CT molecular complexity index is 654. The van der Waals surface area contributed by atoms with Crippen molar-refractivity contribution < 1.29 is 9.59 Å². The summed E-state index contributed by atoms with van der Waals surface area (Å²) in [6.07, 6.45) is 1.48. The molecule has 0 aliphatic carbocycles. The van der Waals surface area contributed by atoms with Crippen LogP contribution in [0, 0.1) is 0 Å². The fraction of sp³-hybridized carbons (Fsp3) is 0.250. The number of benzene rings is 1. The second kappa shape index (κ2) is 4.87. The van der Waals surface area contributed by atoms with E-state index >= 15 is 0 Å². The third-order valence-electron chi connectivity index (χ3n) is 2.74. The molecule has 0 aliphatic heterocycles. The van der Waals surface area contributed by atoms with Crippen LogP contribution in [0.1, 0.15) is 23.2 Å². The zero-order valence-electron chi connectivity index (χ0n) is 9.68. The van der Waals surface area contributed by atoms with E-state index in [1.54, 1.807) is 18.2 Å². The van der Waals surface area contributed by atoms with Crippen LogP contribution < -0.4 is 11.4 Å². The number of fused-ring (bicyclic) bond motifs is 1. The second-order valence-electron chi connectivity index (χ2n) is 4.05. The molecule has 0 atom stereocenters. The molecule has 1 aromatic carbocycles. The van der Waals surface area contributed by atoms with Crippen LogP contribution in [0.5, 0.6) is 0 Å². The summed E-state index contributed by atoms with van der Waals surface area (Å²) in [5, 5.41) is 0. The van der Waals surface area contributed by atoms with Gasteiger partial charge in [0.05, 0.1) is 11.0 Å². The first-order chi connectivity index (χ1) is 8.61. The molecule has 0 saturated carbocycles. The van der Waals surface area contributed by atoms with Crippen molar-refractivity contribution >= 4 is 23.2 Å². The lowest BCUT2D eigenvalue weighted by atomic mass is 10.2. The van der Waals surface area contributed by atoms with Crippen LogP contribution in [0.15, 0.2) is 23.0 Å². The van der Waals surface area contributed by atoms with Crippen LogP contribution in [0.25, 0.3) is 11.0 Å². The largest absolute Gasteiger partial charge is 0.370 e. The highest BCUT2D eigenvalue weighted by atomic mass is 16.1. The number of nitrogens with two attached hydrogens (primary N) is 1. The van der Waals surface area contributed by atoms with Gasteiger partial charge in [0.2, 0.25) is 5.91 Å². The molecule has 0 radical (unpaired) electrons. The zero-order valence-corrected chi connectivity index (χ0v) is 9.68. The van der Waals surface area contributed by atoms with Gasteiger partial charge in [-0.1, -0.05) is 0 Å². The molecule has 1 heterocycles. The number of amides is 1. The van der Waals surface area contributed by atoms with E-state index in [1.165, 1.54) is 4.57 Å². The highest BCUT2D eigenvalue weighted by molar-refractivity contribution is 5.84. The van der Waals surface area contributed by atoms with Crippen molar-refractivity contribution in [2.24, 2.45) is 5.73 Å². The molecule has 1 aromatic heterocycles. The topological polar surface area (TPSA) is 97.9 Å². The standard InChI is InChI=1S/C12H13N3O3/c13-11(17)2-1-5-15-10-4-3-8(7-16)6-9(10)14-12(15)18/h3-4,6-7H,1-2,5H2,(H2,13,17)(H,14,18). The Morgan fingerprint density at radius 3 is 2.89 bits per heavy atom. The van der Waals surface area contributed by atoms with Crippen molar-refractivity contribution in [2.75, 3.05) is 0 Å². The number of carbonyl (C=O) groups excluding carboxylic acids is 2. The number of primary amides is 1. The fourth-order valence-electron chi connectivity index (χ4n) is 1.89. The molecule has 1 amide bonds. The van der Waals surface area contributed by atoms with Gasteiger partial charge in [-0.3, -0.25) is 14.2 Å². The number of aldehydes is 1. The van der Waals surface area contributed by atoms with E-state index in [0.29, 0.717) is 24.0 Å². The minimum Gasteiger partial charge on any atom is -0.370 e. The summed E-state index contributed by atoms with van der Waals surface area (Å²) in [4.78, 5) is 35.7. The molecule has 0 spiro atoms. The number of aromatic nitrogens is 2. The van der Waals surface area contributed by atoms with E-state index in [9.17, 15) is 14.4 Å². The molecular formula is C12H13N3O3. The summed E-state index contributed by atoms with van der Waals surface area (Å²) < 4.78 is 1.53. The summed E-state index contributed by atoms with van der Waals surface area (Å²) in [5.74, 6) is -0.383. The molecule has 0 unspecified atom stereocenters. The molecule has 0 bridgehead atoms. The molecule has 6 heteroatoms. The van der Waals surface area contributed by atoms with Crippen molar-refractivity contribution in [1.29, 1.82) is 0 Å². The fourth-order valence-corrected chi connectivity index (χ4v) is 1.89. The van der Waals surface area contributed by atoms with Crippen LogP contribution in [0.3, 0.4) is 0 Å². The second-order valence-corrected chi connectivity index (χ2v) is 4.05. The molecular weight excluding hydrogens is 234 g/mol. The van der Waals surface area contributed by atoms with Crippen molar-refractivity contribution in [3.8, 4) is 0 Å². The number of rotatable bonds is 5. The van der Waals surface area contributed by atoms with Crippen molar-refractivity contribution in [1.82, 2.24) is 9.55 Å². The Balaban J connectivity index is 2.32. The summed E-state index contributed by atoms with van der Waals surface area (Å²) in [6, 6.07) is 4.97. The van der Waals surface area contributed by atoms with Crippen LogP contribution in [0.2, 0.25) is 0 Å². The molecule has 0 aliphatic rings.